The van der Waals surface area contributed by atoms with Gasteiger partial charge in [-0.3, -0.25) is 4.99 Å². The molecule has 0 saturated heterocycles. The molecular weight excluding hydrogens is 616 g/mol. The van der Waals surface area contributed by atoms with Crippen LogP contribution >= 0.6 is 45.2 Å². The van der Waals surface area contributed by atoms with Crippen molar-refractivity contribution in [1.29, 1.82) is 0 Å². The molecule has 0 N–H and O–H groups in total. The average Bonchev–Trinajstić information content (AvgIpc) is 2.70. The third-order valence-electron chi connectivity index (χ3n) is 5.33. The highest BCUT2D eigenvalue weighted by molar-refractivity contribution is 14.1. The second-order valence-corrected chi connectivity index (χ2v) is 10.9. The van der Waals surface area contributed by atoms with Crippen LogP contribution in [0.1, 0.15) is 27.8 Å². The smallest absolute Gasteiger partial charge is 0.0786 e. The van der Waals surface area contributed by atoms with Crippen LogP contribution < -0.4 is 0 Å². The fraction of sp³-hybridized carbons (Fsp3) is 0.138. The van der Waals surface area contributed by atoms with Crippen LogP contribution in [0, 0.1) is 34.8 Å². The zero-order chi connectivity index (χ0) is 22.8. The van der Waals surface area contributed by atoms with Crippen LogP contribution in [-0.2, 0) is 0 Å². The highest BCUT2D eigenvalue weighted by Gasteiger charge is 2.13. The molecule has 0 fully saturated rings. The van der Waals surface area contributed by atoms with E-state index in [2.05, 4.69) is 146 Å². The van der Waals surface area contributed by atoms with E-state index in [0.717, 1.165) is 22.4 Å². The molecular formula is C29H25I2N. The highest BCUT2D eigenvalue weighted by Crippen LogP contribution is 2.40. The van der Waals surface area contributed by atoms with Gasteiger partial charge in [0.25, 0.3) is 0 Å². The Morgan fingerprint density at radius 1 is 0.594 bits per heavy atom. The van der Waals surface area contributed by atoms with Crippen LogP contribution in [0.3, 0.4) is 0 Å². The SMILES string of the molecule is Cc1cc(C)cc(-c2cccc(-c3cc(C)cc(C)c3)c2N=Cc2cc(I)cc(I)c2)c1. The second kappa shape index (κ2) is 9.87. The molecule has 0 radical (unpaired) electrons. The van der Waals surface area contributed by atoms with Crippen LogP contribution in [0.5, 0.6) is 0 Å². The first-order chi connectivity index (χ1) is 15.3. The third-order valence-corrected chi connectivity index (χ3v) is 6.57. The Morgan fingerprint density at radius 2 is 1.03 bits per heavy atom. The van der Waals surface area contributed by atoms with E-state index in [4.69, 9.17) is 4.99 Å². The third kappa shape index (κ3) is 5.49. The van der Waals surface area contributed by atoms with Gasteiger partial charge in [-0.2, -0.15) is 0 Å². The van der Waals surface area contributed by atoms with Crippen molar-refractivity contribution in [3.8, 4) is 22.3 Å². The Kier molecular flexibility index (Phi) is 7.15. The number of rotatable bonds is 4. The molecule has 0 aliphatic heterocycles. The van der Waals surface area contributed by atoms with Gasteiger partial charge >= 0.3 is 0 Å². The first-order valence-electron chi connectivity index (χ1n) is 10.6. The van der Waals surface area contributed by atoms with E-state index in [-0.39, 0.29) is 0 Å². The molecule has 1 nitrogen and oxygen atoms in total. The summed E-state index contributed by atoms with van der Waals surface area (Å²) in [5, 5.41) is 0. The monoisotopic (exact) mass is 641 g/mol. The Hall–Kier alpha value is -1.99. The van der Waals surface area contributed by atoms with Crippen LogP contribution in [-0.4, -0.2) is 6.21 Å². The van der Waals surface area contributed by atoms with E-state index in [1.54, 1.807) is 0 Å². The molecule has 0 saturated carbocycles. The number of hydrogen-bond acceptors (Lipinski definition) is 1. The Balaban J connectivity index is 1.95. The molecule has 0 aliphatic carbocycles. The largest absolute Gasteiger partial charge is 0.255 e. The van der Waals surface area contributed by atoms with Gasteiger partial charge in [0, 0.05) is 24.5 Å². The van der Waals surface area contributed by atoms with Crippen molar-refractivity contribution in [2.24, 2.45) is 4.99 Å². The number of aliphatic imine (C=N–C) groups is 1. The molecule has 160 valence electrons. The first-order valence-corrected chi connectivity index (χ1v) is 12.7. The van der Waals surface area contributed by atoms with Crippen molar-refractivity contribution in [3.63, 3.8) is 0 Å². The summed E-state index contributed by atoms with van der Waals surface area (Å²) in [7, 11) is 0. The summed E-state index contributed by atoms with van der Waals surface area (Å²) in [6.07, 6.45) is 2.00. The number of para-hydroxylation sites is 1. The minimum atomic E-state index is 1.01. The van der Waals surface area contributed by atoms with E-state index in [1.165, 1.54) is 40.5 Å². The van der Waals surface area contributed by atoms with Gasteiger partial charge in [-0.15, -0.1) is 0 Å². The molecule has 0 atom stereocenters. The number of halogens is 2. The van der Waals surface area contributed by atoms with Crippen LogP contribution in [0.25, 0.3) is 22.3 Å². The lowest BCUT2D eigenvalue weighted by molar-refractivity contribution is 1.37. The Morgan fingerprint density at radius 3 is 1.47 bits per heavy atom. The predicted molar refractivity (Wildman–Crippen MR) is 155 cm³/mol. The normalized spacial score (nSPS) is 11.3. The lowest BCUT2D eigenvalue weighted by Gasteiger charge is -2.14. The lowest BCUT2D eigenvalue weighted by Crippen LogP contribution is -1.90. The van der Waals surface area contributed by atoms with Crippen LogP contribution in [0.15, 0.2) is 77.8 Å². The zero-order valence-corrected chi connectivity index (χ0v) is 23.0. The standard InChI is InChI=1S/C29H25I2N/c1-18-8-19(2)11-23(10-18)27-6-5-7-28(24-12-20(3)9-21(4)13-24)29(27)32-17-22-14-25(30)16-26(31)15-22/h5-17H,1-4H3. The summed E-state index contributed by atoms with van der Waals surface area (Å²) >= 11 is 4.73. The van der Waals surface area contributed by atoms with E-state index in [1.807, 2.05) is 6.21 Å². The molecule has 0 spiro atoms. The van der Waals surface area contributed by atoms with Gasteiger partial charge in [0.15, 0.2) is 0 Å². The average molecular weight is 641 g/mol. The summed E-state index contributed by atoms with van der Waals surface area (Å²) in [6, 6.07) is 26.5. The van der Waals surface area contributed by atoms with Crippen LogP contribution in [0.2, 0.25) is 0 Å². The molecule has 0 heterocycles. The fourth-order valence-electron chi connectivity index (χ4n) is 4.20. The highest BCUT2D eigenvalue weighted by atomic mass is 127. The first kappa shape index (κ1) is 23.2. The molecule has 0 bridgehead atoms. The summed E-state index contributed by atoms with van der Waals surface area (Å²) in [5.41, 5.74) is 11.9. The molecule has 0 amide bonds. The lowest BCUT2D eigenvalue weighted by atomic mass is 9.93. The molecule has 0 aliphatic rings. The predicted octanol–water partition coefficient (Wildman–Crippen LogP) is 9.21. The maximum absolute atomic E-state index is 5.10. The molecule has 3 heteroatoms. The summed E-state index contributed by atoms with van der Waals surface area (Å²) in [6.45, 7) is 8.62. The minimum absolute atomic E-state index is 1.01. The van der Waals surface area contributed by atoms with Crippen molar-refractivity contribution < 1.29 is 0 Å². The Bertz CT molecular complexity index is 1200. The van der Waals surface area contributed by atoms with Gasteiger partial charge in [-0.25, -0.2) is 0 Å². The number of nitrogens with zero attached hydrogens (tertiary/aromatic N) is 1. The fourth-order valence-corrected chi connectivity index (χ4v) is 6.18. The molecule has 32 heavy (non-hydrogen) atoms. The molecule has 4 aromatic rings. The van der Waals surface area contributed by atoms with Gasteiger partial charge in [-0.05, 0) is 108 Å². The van der Waals surface area contributed by atoms with E-state index in [9.17, 15) is 0 Å². The van der Waals surface area contributed by atoms with E-state index >= 15 is 0 Å². The van der Waals surface area contributed by atoms with Gasteiger partial charge in [-0.1, -0.05) is 76.9 Å². The second-order valence-electron chi connectivity index (χ2n) is 8.42. The zero-order valence-electron chi connectivity index (χ0n) is 18.7. The van der Waals surface area contributed by atoms with Crippen molar-refractivity contribution in [1.82, 2.24) is 0 Å². The topological polar surface area (TPSA) is 12.4 Å². The maximum Gasteiger partial charge on any atom is 0.0786 e. The van der Waals surface area contributed by atoms with E-state index in [0.29, 0.717) is 0 Å². The van der Waals surface area contributed by atoms with Gasteiger partial charge in [0.2, 0.25) is 0 Å². The molecule has 0 unspecified atom stereocenters. The van der Waals surface area contributed by atoms with Crippen LogP contribution in [0.4, 0.5) is 5.69 Å². The van der Waals surface area contributed by atoms with Gasteiger partial charge in [0.05, 0.1) is 5.69 Å². The Labute approximate surface area is 218 Å². The summed E-state index contributed by atoms with van der Waals surface area (Å²) < 4.78 is 2.43. The van der Waals surface area contributed by atoms with E-state index < -0.39 is 0 Å². The van der Waals surface area contributed by atoms with Crippen molar-refractivity contribution in [2.45, 2.75) is 27.7 Å². The molecule has 4 aromatic carbocycles. The molecule has 4 rings (SSSR count). The minimum Gasteiger partial charge on any atom is -0.255 e. The van der Waals surface area contributed by atoms with Crippen molar-refractivity contribution in [2.75, 3.05) is 0 Å². The number of benzene rings is 4. The summed E-state index contributed by atoms with van der Waals surface area (Å²) in [4.78, 5) is 5.10. The number of aryl methyl sites for hydroxylation is 4. The van der Waals surface area contributed by atoms with Gasteiger partial charge in [0.1, 0.15) is 0 Å². The summed E-state index contributed by atoms with van der Waals surface area (Å²) in [5.74, 6) is 0. The van der Waals surface area contributed by atoms with Gasteiger partial charge < -0.3 is 0 Å². The number of hydrogen-bond donors (Lipinski definition) is 0. The quantitative estimate of drug-likeness (QED) is 0.156. The van der Waals surface area contributed by atoms with Crippen molar-refractivity contribution in [3.05, 3.63) is 108 Å². The van der Waals surface area contributed by atoms with Crippen molar-refractivity contribution >= 4 is 57.1 Å². The maximum atomic E-state index is 5.10. The molecule has 0 aromatic heterocycles.